The zero-order chi connectivity index (χ0) is 28.6. The first-order chi connectivity index (χ1) is 19.5. The largest absolute Gasteiger partial charge is 0.354 e. The molecule has 0 fully saturated rings. The van der Waals surface area contributed by atoms with Crippen molar-refractivity contribution >= 4 is 45.9 Å². The monoisotopic (exact) mass is 640 g/mol. The number of aromatic nitrogens is 4. The summed E-state index contributed by atoms with van der Waals surface area (Å²) in [7, 11) is 0. The van der Waals surface area contributed by atoms with Gasteiger partial charge < -0.3 is 9.55 Å². The van der Waals surface area contributed by atoms with Crippen LogP contribution in [0.4, 0.5) is 0 Å². The quantitative estimate of drug-likeness (QED) is 0.195. The minimum atomic E-state index is 0. The summed E-state index contributed by atoms with van der Waals surface area (Å²) in [5.41, 5.74) is 19.4. The zero-order valence-corrected chi connectivity index (χ0v) is 27.8. The van der Waals surface area contributed by atoms with Crippen LogP contribution >= 0.6 is 0 Å². The Balaban J connectivity index is 0.00000387. The Morgan fingerprint density at radius 3 is 1.68 bits per heavy atom. The number of hydrogen-bond donors (Lipinski definition) is 1. The number of aryl methyl sites for hydroxylation is 7. The number of allylic oxidation sites excluding steroid dienone is 1. The fourth-order valence-corrected chi connectivity index (χ4v) is 7.09. The molecule has 1 N–H and O–H groups in total. The van der Waals surface area contributed by atoms with Gasteiger partial charge in [0.2, 0.25) is 0 Å². The summed E-state index contributed by atoms with van der Waals surface area (Å²) in [5, 5.41) is 0. The second-order valence-electron chi connectivity index (χ2n) is 10.8. The first-order valence-corrected chi connectivity index (χ1v) is 15.7. The maximum atomic E-state index is 5.22. The van der Waals surface area contributed by atoms with E-state index in [9.17, 15) is 0 Å². The number of aromatic amines is 1. The van der Waals surface area contributed by atoms with E-state index in [-0.39, 0.29) is 20.4 Å². The molecule has 0 aromatic carbocycles. The van der Waals surface area contributed by atoms with E-state index >= 15 is 0 Å². The first kappa shape index (κ1) is 31.2. The van der Waals surface area contributed by atoms with Gasteiger partial charge in [-0.3, -0.25) is 0 Å². The van der Waals surface area contributed by atoms with E-state index in [1.165, 1.54) is 61.0 Å². The average molecular weight is 641 g/mol. The van der Waals surface area contributed by atoms with E-state index in [0.29, 0.717) is 0 Å². The molecule has 0 aliphatic carbocycles. The number of rotatable bonds is 8. The standard InChI is InChI=1S/C36H46N4.Pd/c1-9-22-19-25-20-23-17-18-24(37-23)21-32-26(10-2)29(13-5)36(40(32)16-8)31(15-7)35-28(12-4)27(11-3)34(39-35)30(14-6)33(22)38-25;/h17-21,39H,9-16H2,1-8H3;. The van der Waals surface area contributed by atoms with Crippen LogP contribution < -0.4 is 0 Å². The predicted octanol–water partition coefficient (Wildman–Crippen LogP) is 9.30. The van der Waals surface area contributed by atoms with E-state index < -0.39 is 0 Å². The molecular formula is C36H46N4Pd. The smallest absolute Gasteiger partial charge is 0.0722 e. The van der Waals surface area contributed by atoms with E-state index in [1.54, 1.807) is 0 Å². The number of hydrogen-bond acceptors (Lipinski definition) is 2. The van der Waals surface area contributed by atoms with Crippen molar-refractivity contribution in [2.45, 2.75) is 107 Å². The third-order valence-electron chi connectivity index (χ3n) is 8.86. The summed E-state index contributed by atoms with van der Waals surface area (Å²) in [6, 6.07) is 4.45. The number of fused-ring (bicyclic) bond motifs is 8. The van der Waals surface area contributed by atoms with Crippen LogP contribution in [0.2, 0.25) is 0 Å². The summed E-state index contributed by atoms with van der Waals surface area (Å²) in [6.45, 7) is 19.3. The third-order valence-corrected chi connectivity index (χ3v) is 8.86. The van der Waals surface area contributed by atoms with Gasteiger partial charge in [-0.25, -0.2) is 9.97 Å². The number of H-pyrrole nitrogens is 1. The molecular weight excluding hydrogens is 595 g/mol. The SMILES string of the molecule is CCC1=Cc2cc3nc(cc4c(CC)c(CC)c(c(CC)c5[nH]c(c(CC)c1n2)c(CC)c5CC)n4CC)C=C3.[Pd]. The van der Waals surface area contributed by atoms with Gasteiger partial charge in [0.15, 0.2) is 0 Å². The molecule has 41 heavy (non-hydrogen) atoms. The van der Waals surface area contributed by atoms with Crippen molar-refractivity contribution in [3.05, 3.63) is 68.3 Å². The molecule has 8 bridgehead atoms. The molecule has 0 spiro atoms. The Morgan fingerprint density at radius 2 is 1.15 bits per heavy atom. The molecule has 2 aliphatic rings. The van der Waals surface area contributed by atoms with Gasteiger partial charge in [-0.2, -0.15) is 0 Å². The van der Waals surface area contributed by atoms with Crippen LogP contribution in [-0.2, 0) is 65.5 Å². The summed E-state index contributed by atoms with van der Waals surface area (Å²) < 4.78 is 2.57. The minimum absolute atomic E-state index is 0. The van der Waals surface area contributed by atoms with Crippen molar-refractivity contribution in [2.24, 2.45) is 0 Å². The zero-order valence-electron chi connectivity index (χ0n) is 26.2. The van der Waals surface area contributed by atoms with Crippen LogP contribution in [0, 0.1) is 0 Å². The Kier molecular flexibility index (Phi) is 9.94. The van der Waals surface area contributed by atoms with E-state index in [1.807, 2.05) is 0 Å². The van der Waals surface area contributed by atoms with Gasteiger partial charge in [-0.05, 0) is 116 Å². The molecule has 0 unspecified atom stereocenters. The predicted molar refractivity (Wildman–Crippen MR) is 174 cm³/mol. The fourth-order valence-electron chi connectivity index (χ4n) is 7.09. The molecule has 3 aromatic rings. The summed E-state index contributed by atoms with van der Waals surface area (Å²) in [5.74, 6) is 0. The normalized spacial score (nSPS) is 12.5. The summed E-state index contributed by atoms with van der Waals surface area (Å²) >= 11 is 0. The van der Waals surface area contributed by atoms with Gasteiger partial charge in [0.25, 0.3) is 0 Å². The van der Waals surface area contributed by atoms with Crippen molar-refractivity contribution in [1.29, 1.82) is 0 Å². The molecule has 0 saturated carbocycles. The molecule has 0 saturated heterocycles. The van der Waals surface area contributed by atoms with Gasteiger partial charge in [0, 0.05) is 54.6 Å². The van der Waals surface area contributed by atoms with E-state index in [4.69, 9.17) is 9.97 Å². The minimum Gasteiger partial charge on any atom is -0.354 e. The molecule has 5 heteroatoms. The van der Waals surface area contributed by atoms with Crippen molar-refractivity contribution in [2.75, 3.05) is 0 Å². The van der Waals surface area contributed by atoms with Gasteiger partial charge in [0.05, 0.1) is 22.8 Å². The first-order valence-electron chi connectivity index (χ1n) is 15.7. The van der Waals surface area contributed by atoms with Gasteiger partial charge in [0.1, 0.15) is 0 Å². The number of nitrogens with zero attached hydrogens (tertiary/aromatic N) is 3. The van der Waals surface area contributed by atoms with Crippen LogP contribution in [0.25, 0.3) is 45.9 Å². The van der Waals surface area contributed by atoms with E-state index in [2.05, 4.69) is 95.3 Å². The van der Waals surface area contributed by atoms with Crippen LogP contribution in [-0.4, -0.2) is 19.5 Å². The summed E-state index contributed by atoms with van der Waals surface area (Å²) in [4.78, 5) is 14.3. The van der Waals surface area contributed by atoms with Crippen LogP contribution in [0.5, 0.6) is 0 Å². The molecule has 0 amide bonds. The Morgan fingerprint density at radius 1 is 0.585 bits per heavy atom. The second-order valence-corrected chi connectivity index (χ2v) is 10.8. The molecule has 5 rings (SSSR count). The van der Waals surface area contributed by atoms with Crippen LogP contribution in [0.1, 0.15) is 118 Å². The Bertz CT molecular complexity index is 1680. The van der Waals surface area contributed by atoms with Gasteiger partial charge in [-0.1, -0.05) is 48.5 Å². The molecule has 5 heterocycles. The van der Waals surface area contributed by atoms with Gasteiger partial charge >= 0.3 is 0 Å². The van der Waals surface area contributed by atoms with Crippen molar-refractivity contribution in [3.8, 4) is 0 Å². The Labute approximate surface area is 260 Å². The average Bonchev–Trinajstić information content (AvgIpc) is 3.73. The van der Waals surface area contributed by atoms with Crippen LogP contribution in [0.3, 0.4) is 0 Å². The topological polar surface area (TPSA) is 46.5 Å². The molecule has 3 aromatic heterocycles. The molecule has 0 atom stereocenters. The number of nitrogens with one attached hydrogen (secondary N) is 1. The maximum absolute atomic E-state index is 5.22. The van der Waals surface area contributed by atoms with Crippen molar-refractivity contribution in [3.63, 3.8) is 0 Å². The molecule has 4 nitrogen and oxygen atoms in total. The molecule has 2 aliphatic heterocycles. The fraction of sp³-hybridized carbons (Fsp3) is 0.444. The van der Waals surface area contributed by atoms with Crippen LogP contribution in [0.15, 0.2) is 12.1 Å². The second kappa shape index (κ2) is 13.1. The van der Waals surface area contributed by atoms with E-state index in [0.717, 1.165) is 74.3 Å². The summed E-state index contributed by atoms with van der Waals surface area (Å²) in [6.07, 6.45) is 13.5. The molecule has 220 valence electrons. The van der Waals surface area contributed by atoms with Gasteiger partial charge in [-0.15, -0.1) is 0 Å². The maximum Gasteiger partial charge on any atom is 0.0722 e. The van der Waals surface area contributed by atoms with Crippen molar-refractivity contribution in [1.82, 2.24) is 19.5 Å². The van der Waals surface area contributed by atoms with Crippen molar-refractivity contribution < 1.29 is 20.4 Å². The molecule has 0 radical (unpaired) electrons. The Hall–Kier alpha value is -2.74. The third kappa shape index (κ3) is 5.21.